The second kappa shape index (κ2) is 9.09. The first-order valence-corrected chi connectivity index (χ1v) is 9.78. The summed E-state index contributed by atoms with van der Waals surface area (Å²) in [5, 5.41) is 6.13. The number of likely N-dealkylation sites (tertiary alicyclic amines) is 1. The highest BCUT2D eigenvalue weighted by Gasteiger charge is 2.24. The molecule has 1 aromatic rings. The van der Waals surface area contributed by atoms with Crippen molar-refractivity contribution in [3.05, 3.63) is 30.3 Å². The zero-order valence-electron chi connectivity index (χ0n) is 15.4. The fourth-order valence-electron chi connectivity index (χ4n) is 4.01. The molecule has 2 amide bonds. The standard InChI is InChI=1S/C20H32N4O/c1-2-10-23-11-8-17(15-23)13-21-20(25)22-14-18-9-12-24(16-18)19-6-4-3-5-7-19/h3-7,17-18H,2,8-16H2,1H3,(H2,21,22,25)/t17-,18-/m0/s1. The summed E-state index contributed by atoms with van der Waals surface area (Å²) in [5.41, 5.74) is 1.28. The minimum absolute atomic E-state index is 0.00731. The van der Waals surface area contributed by atoms with Crippen LogP contribution in [0.4, 0.5) is 10.5 Å². The van der Waals surface area contributed by atoms with Gasteiger partial charge in [0.2, 0.25) is 0 Å². The van der Waals surface area contributed by atoms with Gasteiger partial charge >= 0.3 is 6.03 Å². The first kappa shape index (κ1) is 18.1. The lowest BCUT2D eigenvalue weighted by Crippen LogP contribution is -2.41. The van der Waals surface area contributed by atoms with Crippen LogP contribution in [0.15, 0.2) is 30.3 Å². The van der Waals surface area contributed by atoms with E-state index in [1.165, 1.54) is 31.6 Å². The van der Waals surface area contributed by atoms with Crippen LogP contribution in [0.2, 0.25) is 0 Å². The van der Waals surface area contributed by atoms with Crippen molar-refractivity contribution < 1.29 is 4.79 Å². The van der Waals surface area contributed by atoms with E-state index >= 15 is 0 Å². The lowest BCUT2D eigenvalue weighted by atomic mass is 10.1. The molecule has 0 radical (unpaired) electrons. The van der Waals surface area contributed by atoms with E-state index in [4.69, 9.17) is 0 Å². The molecular formula is C20H32N4O. The van der Waals surface area contributed by atoms with Gasteiger partial charge < -0.3 is 20.4 Å². The van der Waals surface area contributed by atoms with Crippen LogP contribution in [-0.2, 0) is 0 Å². The first-order chi connectivity index (χ1) is 12.2. The largest absolute Gasteiger partial charge is 0.371 e. The number of nitrogens with zero attached hydrogens (tertiary/aromatic N) is 2. The predicted octanol–water partition coefficient (Wildman–Crippen LogP) is 2.54. The number of hydrogen-bond donors (Lipinski definition) is 2. The first-order valence-electron chi connectivity index (χ1n) is 9.78. The number of carbonyl (C=O) groups is 1. The van der Waals surface area contributed by atoms with Crippen LogP contribution in [0.5, 0.6) is 0 Å². The number of rotatable bonds is 7. The van der Waals surface area contributed by atoms with E-state index in [1.807, 2.05) is 0 Å². The van der Waals surface area contributed by atoms with Gasteiger partial charge in [0.25, 0.3) is 0 Å². The third-order valence-electron chi connectivity index (χ3n) is 5.42. The molecule has 0 saturated carbocycles. The number of carbonyl (C=O) groups excluding carboxylic acids is 1. The molecule has 0 spiro atoms. The number of para-hydroxylation sites is 1. The van der Waals surface area contributed by atoms with Crippen molar-refractivity contribution in [2.45, 2.75) is 26.2 Å². The zero-order chi connectivity index (χ0) is 17.5. The maximum atomic E-state index is 12.1. The van der Waals surface area contributed by atoms with Crippen molar-refractivity contribution >= 4 is 11.7 Å². The van der Waals surface area contributed by atoms with Crippen molar-refractivity contribution in [1.29, 1.82) is 0 Å². The highest BCUT2D eigenvalue weighted by Crippen LogP contribution is 2.22. The molecule has 5 heteroatoms. The van der Waals surface area contributed by atoms with Crippen LogP contribution in [-0.4, -0.2) is 56.7 Å². The van der Waals surface area contributed by atoms with Crippen molar-refractivity contribution in [1.82, 2.24) is 15.5 Å². The second-order valence-corrected chi connectivity index (χ2v) is 7.48. The van der Waals surface area contributed by atoms with E-state index in [2.05, 4.69) is 57.7 Å². The Hall–Kier alpha value is -1.75. The lowest BCUT2D eigenvalue weighted by molar-refractivity contribution is 0.237. The SMILES string of the molecule is CCCN1CC[C@@H](CNC(=O)NC[C@@H]2CCN(c3ccccc3)C2)C1. The third kappa shape index (κ3) is 5.36. The maximum absolute atomic E-state index is 12.1. The maximum Gasteiger partial charge on any atom is 0.314 e. The molecule has 2 N–H and O–H groups in total. The molecule has 2 fully saturated rings. The Morgan fingerprint density at radius 2 is 1.72 bits per heavy atom. The Morgan fingerprint density at radius 1 is 1.04 bits per heavy atom. The predicted molar refractivity (Wildman–Crippen MR) is 103 cm³/mol. The monoisotopic (exact) mass is 344 g/mol. The van der Waals surface area contributed by atoms with Gasteiger partial charge in [-0.15, -0.1) is 0 Å². The van der Waals surface area contributed by atoms with Gasteiger partial charge in [0.1, 0.15) is 0 Å². The Bertz CT molecular complexity index is 536. The molecule has 25 heavy (non-hydrogen) atoms. The van der Waals surface area contributed by atoms with Crippen LogP contribution >= 0.6 is 0 Å². The molecule has 0 bridgehead atoms. The van der Waals surface area contributed by atoms with Gasteiger partial charge in [-0.2, -0.15) is 0 Å². The molecule has 3 rings (SSSR count). The van der Waals surface area contributed by atoms with Gasteiger partial charge in [0, 0.05) is 38.4 Å². The van der Waals surface area contributed by atoms with E-state index in [9.17, 15) is 4.79 Å². The molecule has 138 valence electrons. The van der Waals surface area contributed by atoms with Gasteiger partial charge in [0.05, 0.1) is 0 Å². The van der Waals surface area contributed by atoms with Crippen molar-refractivity contribution in [3.8, 4) is 0 Å². The summed E-state index contributed by atoms with van der Waals surface area (Å²) in [6, 6.07) is 10.5. The Morgan fingerprint density at radius 3 is 2.44 bits per heavy atom. The topological polar surface area (TPSA) is 47.6 Å². The number of benzene rings is 1. The normalized spacial score (nSPS) is 23.8. The average Bonchev–Trinajstić information content (AvgIpc) is 3.29. The average molecular weight is 345 g/mol. The van der Waals surface area contributed by atoms with Gasteiger partial charge in [-0.05, 0) is 56.3 Å². The molecule has 2 aliphatic heterocycles. The van der Waals surface area contributed by atoms with E-state index in [-0.39, 0.29) is 6.03 Å². The molecule has 0 unspecified atom stereocenters. The summed E-state index contributed by atoms with van der Waals surface area (Å²) in [6.45, 7) is 9.38. The number of urea groups is 1. The van der Waals surface area contributed by atoms with Gasteiger partial charge in [-0.1, -0.05) is 25.1 Å². The highest BCUT2D eigenvalue weighted by molar-refractivity contribution is 5.73. The quantitative estimate of drug-likeness (QED) is 0.799. The molecular weight excluding hydrogens is 312 g/mol. The van der Waals surface area contributed by atoms with Crippen LogP contribution in [0, 0.1) is 11.8 Å². The molecule has 0 aromatic heterocycles. The summed E-state index contributed by atoms with van der Waals surface area (Å²) in [4.78, 5) is 17.0. The number of amides is 2. The van der Waals surface area contributed by atoms with E-state index < -0.39 is 0 Å². The van der Waals surface area contributed by atoms with Crippen molar-refractivity contribution in [2.75, 3.05) is 50.7 Å². The summed E-state index contributed by atoms with van der Waals surface area (Å²) in [6.07, 6.45) is 3.56. The molecule has 0 aliphatic carbocycles. The summed E-state index contributed by atoms with van der Waals surface area (Å²) in [5.74, 6) is 1.15. The van der Waals surface area contributed by atoms with E-state index in [0.29, 0.717) is 11.8 Å². The fourth-order valence-corrected chi connectivity index (χ4v) is 4.01. The smallest absolute Gasteiger partial charge is 0.314 e. The fraction of sp³-hybridized carbons (Fsp3) is 0.650. The van der Waals surface area contributed by atoms with Crippen molar-refractivity contribution in [3.63, 3.8) is 0 Å². The van der Waals surface area contributed by atoms with Gasteiger partial charge in [-0.25, -0.2) is 4.79 Å². The number of nitrogens with one attached hydrogen (secondary N) is 2. The molecule has 2 heterocycles. The van der Waals surface area contributed by atoms with Crippen LogP contribution in [0.3, 0.4) is 0 Å². The Labute approximate surface area is 151 Å². The second-order valence-electron chi connectivity index (χ2n) is 7.48. The molecule has 5 nitrogen and oxygen atoms in total. The molecule has 2 saturated heterocycles. The lowest BCUT2D eigenvalue weighted by Gasteiger charge is -2.19. The summed E-state index contributed by atoms with van der Waals surface area (Å²) in [7, 11) is 0. The zero-order valence-corrected chi connectivity index (χ0v) is 15.4. The molecule has 2 atom stereocenters. The Kier molecular flexibility index (Phi) is 6.56. The molecule has 2 aliphatic rings. The van der Waals surface area contributed by atoms with Crippen LogP contribution < -0.4 is 15.5 Å². The molecule has 1 aromatic carbocycles. The van der Waals surface area contributed by atoms with Crippen LogP contribution in [0.25, 0.3) is 0 Å². The van der Waals surface area contributed by atoms with Gasteiger partial charge in [-0.3, -0.25) is 0 Å². The van der Waals surface area contributed by atoms with E-state index in [1.54, 1.807) is 0 Å². The van der Waals surface area contributed by atoms with E-state index in [0.717, 1.165) is 39.1 Å². The Balaban J connectivity index is 1.31. The van der Waals surface area contributed by atoms with Crippen LogP contribution in [0.1, 0.15) is 26.2 Å². The minimum atomic E-state index is -0.00731. The number of anilines is 1. The number of hydrogen-bond acceptors (Lipinski definition) is 3. The van der Waals surface area contributed by atoms with Gasteiger partial charge in [0.15, 0.2) is 0 Å². The third-order valence-corrected chi connectivity index (χ3v) is 5.42. The summed E-state index contributed by atoms with van der Waals surface area (Å²) < 4.78 is 0. The summed E-state index contributed by atoms with van der Waals surface area (Å²) >= 11 is 0. The van der Waals surface area contributed by atoms with Crippen molar-refractivity contribution in [2.24, 2.45) is 11.8 Å². The minimum Gasteiger partial charge on any atom is -0.371 e. The highest BCUT2D eigenvalue weighted by atomic mass is 16.2.